The van der Waals surface area contributed by atoms with Gasteiger partial charge in [-0.1, -0.05) is 19.1 Å². The maximum atomic E-state index is 12.6. The first-order chi connectivity index (χ1) is 7.17. The lowest BCUT2D eigenvalue weighted by Gasteiger charge is -2.37. The number of hydrogen-bond donors (Lipinski definition) is 1. The predicted molar refractivity (Wildman–Crippen MR) is 67.8 cm³/mol. The molecular weight excluding hydrogens is 225 g/mol. The first-order valence-electron chi connectivity index (χ1n) is 5.47. The molecule has 0 saturated heterocycles. The minimum absolute atomic E-state index is 0.134. The Morgan fingerprint density at radius 3 is 2.25 bits per heavy atom. The fourth-order valence-corrected chi connectivity index (χ4v) is 4.02. The average molecular weight is 250 g/mol. The van der Waals surface area contributed by atoms with Crippen LogP contribution in [0.3, 0.4) is 0 Å². The second-order valence-corrected chi connectivity index (χ2v) is 7.99. The maximum absolute atomic E-state index is 12.6. The number of rotatable bonds is 7. The van der Waals surface area contributed by atoms with Crippen LogP contribution in [-0.2, 0) is 9.09 Å². The van der Waals surface area contributed by atoms with Crippen LogP contribution in [-0.4, -0.2) is 55.9 Å². The summed E-state index contributed by atoms with van der Waals surface area (Å²) >= 11 is 0. The van der Waals surface area contributed by atoms with E-state index in [1.54, 1.807) is 0 Å². The smallest absolute Gasteiger partial charge is 0.261 e. The van der Waals surface area contributed by atoms with E-state index < -0.39 is 7.37 Å². The van der Waals surface area contributed by atoms with E-state index in [0.29, 0.717) is 17.3 Å². The number of quaternary nitrogens is 1. The molecular formula is C11H25NO3P+. The van der Waals surface area contributed by atoms with Gasteiger partial charge in [-0.15, -0.1) is 0 Å². The van der Waals surface area contributed by atoms with E-state index in [1.165, 1.54) is 0 Å². The fraction of sp³-hybridized carbons (Fsp3) is 0.818. The molecule has 16 heavy (non-hydrogen) atoms. The topological polar surface area (TPSA) is 46.5 Å². The SMILES string of the molecule is C=C(C)COP(=O)(CC)C(CO)[N+](C)(C)C. The average Bonchev–Trinajstić information content (AvgIpc) is 2.13. The number of aliphatic hydroxyl groups excluding tert-OH is 1. The van der Waals surface area contributed by atoms with Gasteiger partial charge in [0.1, 0.15) is 6.61 Å². The number of likely N-dealkylation sites (N-methyl/N-ethyl adjacent to an activating group) is 1. The van der Waals surface area contributed by atoms with Crippen molar-refractivity contribution in [3.05, 3.63) is 12.2 Å². The van der Waals surface area contributed by atoms with Gasteiger partial charge < -0.3 is 14.1 Å². The molecule has 0 bridgehead atoms. The summed E-state index contributed by atoms with van der Waals surface area (Å²) in [7, 11) is 2.91. The van der Waals surface area contributed by atoms with Crippen molar-refractivity contribution in [1.29, 1.82) is 0 Å². The Labute approximate surface area is 99.0 Å². The Morgan fingerprint density at radius 1 is 1.50 bits per heavy atom. The lowest BCUT2D eigenvalue weighted by molar-refractivity contribution is -0.883. The third-order valence-corrected chi connectivity index (χ3v) is 5.69. The summed E-state index contributed by atoms with van der Waals surface area (Å²) in [6.07, 6.45) is 0.432. The molecule has 0 rings (SSSR count). The van der Waals surface area contributed by atoms with Crippen molar-refractivity contribution in [2.24, 2.45) is 0 Å². The van der Waals surface area contributed by atoms with Crippen molar-refractivity contribution in [2.45, 2.75) is 19.6 Å². The number of nitrogens with zero attached hydrogens (tertiary/aromatic N) is 1. The van der Waals surface area contributed by atoms with Crippen LogP contribution in [0.1, 0.15) is 13.8 Å². The van der Waals surface area contributed by atoms with Gasteiger partial charge in [-0.3, -0.25) is 4.57 Å². The Bertz CT molecular complexity index is 283. The van der Waals surface area contributed by atoms with E-state index in [-0.39, 0.29) is 12.4 Å². The highest BCUT2D eigenvalue weighted by Gasteiger charge is 2.41. The quantitative estimate of drug-likeness (QED) is 0.426. The highest BCUT2D eigenvalue weighted by Crippen LogP contribution is 2.53. The molecule has 2 atom stereocenters. The monoisotopic (exact) mass is 250 g/mol. The molecule has 0 radical (unpaired) electrons. The van der Waals surface area contributed by atoms with Crippen LogP contribution in [0.15, 0.2) is 12.2 Å². The third-order valence-electron chi connectivity index (χ3n) is 2.48. The predicted octanol–water partition coefficient (Wildman–Crippen LogP) is 1.90. The van der Waals surface area contributed by atoms with E-state index in [0.717, 1.165) is 5.57 Å². The zero-order valence-electron chi connectivity index (χ0n) is 11.1. The highest BCUT2D eigenvalue weighted by atomic mass is 31.2. The summed E-state index contributed by atoms with van der Waals surface area (Å²) in [4.78, 5) is 0. The van der Waals surface area contributed by atoms with Crippen molar-refractivity contribution < 1.29 is 18.7 Å². The summed E-state index contributed by atoms with van der Waals surface area (Å²) in [5.74, 6) is -0.378. The molecule has 5 heteroatoms. The summed E-state index contributed by atoms with van der Waals surface area (Å²) < 4.78 is 18.6. The Hall–Kier alpha value is -0.150. The summed E-state index contributed by atoms with van der Waals surface area (Å²) in [5, 5.41) is 9.40. The van der Waals surface area contributed by atoms with Crippen molar-refractivity contribution in [3.8, 4) is 0 Å². The Balaban J connectivity index is 4.91. The minimum atomic E-state index is -2.82. The zero-order chi connectivity index (χ0) is 13.0. The molecule has 0 saturated carbocycles. The molecule has 0 amide bonds. The normalized spacial score (nSPS) is 17.9. The van der Waals surface area contributed by atoms with E-state index in [1.807, 2.05) is 35.0 Å². The van der Waals surface area contributed by atoms with Crippen LogP contribution in [0.5, 0.6) is 0 Å². The molecule has 0 aliphatic carbocycles. The molecule has 0 aromatic carbocycles. The second-order valence-electron chi connectivity index (χ2n) is 5.05. The van der Waals surface area contributed by atoms with Crippen LogP contribution in [0.2, 0.25) is 0 Å². The second kappa shape index (κ2) is 5.97. The van der Waals surface area contributed by atoms with Crippen LogP contribution in [0, 0.1) is 0 Å². The van der Waals surface area contributed by atoms with Gasteiger partial charge in [0, 0.05) is 6.16 Å². The molecule has 0 aromatic heterocycles. The largest absolute Gasteiger partial charge is 0.390 e. The van der Waals surface area contributed by atoms with Crippen molar-refractivity contribution >= 4 is 7.37 Å². The summed E-state index contributed by atoms with van der Waals surface area (Å²) in [6, 6.07) is 0. The van der Waals surface area contributed by atoms with E-state index in [4.69, 9.17) is 4.52 Å². The molecule has 96 valence electrons. The lowest BCUT2D eigenvalue weighted by Crippen LogP contribution is -2.47. The highest BCUT2D eigenvalue weighted by molar-refractivity contribution is 7.59. The molecule has 0 heterocycles. The van der Waals surface area contributed by atoms with Gasteiger partial charge in [0.15, 0.2) is 5.78 Å². The van der Waals surface area contributed by atoms with Gasteiger partial charge in [0.05, 0.1) is 27.7 Å². The summed E-state index contributed by atoms with van der Waals surface area (Å²) in [6.45, 7) is 7.55. The van der Waals surface area contributed by atoms with Gasteiger partial charge in [0.2, 0.25) is 0 Å². The maximum Gasteiger partial charge on any atom is 0.261 e. The number of hydrogen-bond acceptors (Lipinski definition) is 3. The molecule has 0 aliphatic rings. The first kappa shape index (κ1) is 15.9. The standard InChI is InChI=1S/C11H25NO3P/c1-7-16(14,15-9-10(2)3)11(8-13)12(4,5)6/h11,13H,2,7-9H2,1,3-6H3/q+1. The Kier molecular flexibility index (Phi) is 5.91. The van der Waals surface area contributed by atoms with Gasteiger partial charge in [-0.2, -0.15) is 0 Å². The van der Waals surface area contributed by atoms with Crippen molar-refractivity contribution in [1.82, 2.24) is 0 Å². The fourth-order valence-electron chi connectivity index (χ4n) is 1.50. The Morgan fingerprint density at radius 2 is 2.00 bits per heavy atom. The lowest BCUT2D eigenvalue weighted by atomic mass is 10.4. The molecule has 0 fully saturated rings. The molecule has 0 spiro atoms. The molecule has 1 N–H and O–H groups in total. The third kappa shape index (κ3) is 4.38. The molecule has 2 unspecified atom stereocenters. The molecule has 0 aliphatic heterocycles. The number of aliphatic hydroxyl groups is 1. The van der Waals surface area contributed by atoms with Crippen molar-refractivity contribution in [2.75, 3.05) is 40.5 Å². The van der Waals surface area contributed by atoms with Crippen LogP contribution in [0.25, 0.3) is 0 Å². The van der Waals surface area contributed by atoms with E-state index in [2.05, 4.69) is 6.58 Å². The first-order valence-corrected chi connectivity index (χ1v) is 7.35. The van der Waals surface area contributed by atoms with Gasteiger partial charge >= 0.3 is 0 Å². The van der Waals surface area contributed by atoms with Crippen LogP contribution < -0.4 is 0 Å². The van der Waals surface area contributed by atoms with Gasteiger partial charge in [0.25, 0.3) is 7.37 Å². The zero-order valence-corrected chi connectivity index (χ0v) is 12.0. The van der Waals surface area contributed by atoms with Gasteiger partial charge in [-0.25, -0.2) is 0 Å². The molecule has 4 nitrogen and oxygen atoms in total. The van der Waals surface area contributed by atoms with E-state index in [9.17, 15) is 9.67 Å². The van der Waals surface area contributed by atoms with Gasteiger partial charge in [-0.05, 0) is 6.92 Å². The molecule has 0 aromatic rings. The van der Waals surface area contributed by atoms with Crippen molar-refractivity contribution in [3.63, 3.8) is 0 Å². The minimum Gasteiger partial charge on any atom is -0.390 e. The summed E-state index contributed by atoms with van der Waals surface area (Å²) in [5.41, 5.74) is 0.840. The van der Waals surface area contributed by atoms with E-state index >= 15 is 0 Å². The van der Waals surface area contributed by atoms with Crippen LogP contribution >= 0.6 is 7.37 Å². The van der Waals surface area contributed by atoms with Crippen LogP contribution in [0.4, 0.5) is 0 Å².